The van der Waals surface area contributed by atoms with E-state index in [1.165, 1.54) is 0 Å². The molecule has 1 N–H and O–H groups in total. The quantitative estimate of drug-likeness (QED) is 0.873. The average Bonchev–Trinajstić information content (AvgIpc) is 3.26. The Hall–Kier alpha value is -1.81. The Morgan fingerprint density at radius 1 is 1.32 bits per heavy atom. The van der Waals surface area contributed by atoms with Gasteiger partial charge < -0.3 is 9.88 Å². The van der Waals surface area contributed by atoms with E-state index in [1.54, 1.807) is 17.0 Å². The van der Waals surface area contributed by atoms with Crippen LogP contribution in [0.15, 0.2) is 41.5 Å². The number of alkyl halides is 1. The zero-order valence-electron chi connectivity index (χ0n) is 10.3. The lowest BCUT2D eigenvalue weighted by Gasteiger charge is -2.08. The van der Waals surface area contributed by atoms with Crippen LogP contribution in [0.3, 0.4) is 0 Å². The molecule has 1 aromatic carbocycles. The molecule has 19 heavy (non-hydrogen) atoms. The first-order valence-corrected chi connectivity index (χ1v) is 6.80. The minimum Gasteiger partial charge on any atom is -0.336 e. The molecule has 0 unspecified atom stereocenters. The zero-order chi connectivity index (χ0) is 13.2. The first kappa shape index (κ1) is 12.2. The van der Waals surface area contributed by atoms with Gasteiger partial charge in [-0.25, -0.2) is 4.98 Å². The predicted octanol–water partition coefficient (Wildman–Crippen LogP) is 3.06. The lowest BCUT2D eigenvalue weighted by molar-refractivity contribution is 0.701. The number of hydrogen-bond acceptors (Lipinski definition) is 3. The minimum absolute atomic E-state index is 0.0635. The molecule has 0 bridgehead atoms. The molecular formula is C14H14ClN3O. The molecule has 0 aliphatic heterocycles. The van der Waals surface area contributed by atoms with Crippen molar-refractivity contribution in [1.29, 1.82) is 0 Å². The number of halogens is 1. The molecule has 3 rings (SSSR count). The van der Waals surface area contributed by atoms with Gasteiger partial charge >= 0.3 is 0 Å². The lowest BCUT2D eigenvalue weighted by Crippen LogP contribution is -2.22. The summed E-state index contributed by atoms with van der Waals surface area (Å²) in [5, 5.41) is 3.06. The van der Waals surface area contributed by atoms with Gasteiger partial charge in [0.05, 0.1) is 0 Å². The van der Waals surface area contributed by atoms with Crippen LogP contribution in [0.4, 0.5) is 11.5 Å². The van der Waals surface area contributed by atoms with Gasteiger partial charge in [0, 0.05) is 30.0 Å². The Bertz CT molecular complexity index is 632. The first-order valence-electron chi connectivity index (χ1n) is 6.27. The minimum atomic E-state index is -0.0635. The standard InChI is InChI=1S/C14H14ClN3O/c15-9-10-1-3-11(4-2-10)17-13-14(19)18(8-7-16-13)12-5-6-12/h1-4,7-8,12H,5-6,9H2,(H,16,17). The number of anilines is 2. The third-order valence-electron chi connectivity index (χ3n) is 3.18. The maximum Gasteiger partial charge on any atom is 0.293 e. The van der Waals surface area contributed by atoms with Gasteiger partial charge in [-0.3, -0.25) is 4.79 Å². The summed E-state index contributed by atoms with van der Waals surface area (Å²) in [7, 11) is 0. The topological polar surface area (TPSA) is 46.9 Å². The van der Waals surface area contributed by atoms with Crippen molar-refractivity contribution in [3.8, 4) is 0 Å². The fourth-order valence-electron chi connectivity index (χ4n) is 1.96. The summed E-state index contributed by atoms with van der Waals surface area (Å²) in [6.45, 7) is 0. The SMILES string of the molecule is O=c1c(Nc2ccc(CCl)cc2)nccn1C1CC1. The summed E-state index contributed by atoms with van der Waals surface area (Å²) in [5.41, 5.74) is 1.82. The fraction of sp³-hybridized carbons (Fsp3) is 0.286. The van der Waals surface area contributed by atoms with Gasteiger partial charge in [-0.15, -0.1) is 11.6 Å². The first-order chi connectivity index (χ1) is 9.28. The second-order valence-electron chi connectivity index (χ2n) is 4.67. The van der Waals surface area contributed by atoms with Crippen LogP contribution in [0, 0.1) is 0 Å². The number of rotatable bonds is 4. The highest BCUT2D eigenvalue weighted by molar-refractivity contribution is 6.17. The molecule has 0 spiro atoms. The fourth-order valence-corrected chi connectivity index (χ4v) is 2.14. The maximum atomic E-state index is 12.2. The monoisotopic (exact) mass is 275 g/mol. The zero-order valence-corrected chi connectivity index (χ0v) is 11.1. The Kier molecular flexibility index (Phi) is 3.25. The van der Waals surface area contributed by atoms with E-state index in [4.69, 9.17) is 11.6 Å². The predicted molar refractivity (Wildman–Crippen MR) is 76.0 cm³/mol. The molecule has 1 saturated carbocycles. The molecular weight excluding hydrogens is 262 g/mol. The molecule has 98 valence electrons. The van der Waals surface area contributed by atoms with E-state index < -0.39 is 0 Å². The van der Waals surface area contributed by atoms with Crippen LogP contribution in [0.2, 0.25) is 0 Å². The molecule has 1 aliphatic carbocycles. The molecule has 1 heterocycles. The summed E-state index contributed by atoms with van der Waals surface area (Å²) in [6, 6.07) is 8.00. The summed E-state index contributed by atoms with van der Waals surface area (Å²) < 4.78 is 1.75. The number of aromatic nitrogens is 2. The van der Waals surface area contributed by atoms with Crippen LogP contribution in [0.1, 0.15) is 24.4 Å². The molecule has 1 fully saturated rings. The van der Waals surface area contributed by atoms with Crippen LogP contribution >= 0.6 is 11.6 Å². The number of hydrogen-bond donors (Lipinski definition) is 1. The van der Waals surface area contributed by atoms with E-state index in [0.717, 1.165) is 24.1 Å². The molecule has 2 aromatic rings. The van der Waals surface area contributed by atoms with Crippen molar-refractivity contribution in [2.75, 3.05) is 5.32 Å². The molecule has 0 radical (unpaired) electrons. The highest BCUT2D eigenvalue weighted by atomic mass is 35.5. The maximum absolute atomic E-state index is 12.2. The smallest absolute Gasteiger partial charge is 0.293 e. The summed E-state index contributed by atoms with van der Waals surface area (Å²) in [6.07, 6.45) is 5.57. The molecule has 1 aromatic heterocycles. The van der Waals surface area contributed by atoms with Crippen LogP contribution in [-0.2, 0) is 5.88 Å². The van der Waals surface area contributed by atoms with Crippen molar-refractivity contribution in [3.63, 3.8) is 0 Å². The van der Waals surface area contributed by atoms with E-state index in [9.17, 15) is 4.79 Å². The van der Waals surface area contributed by atoms with E-state index in [1.807, 2.05) is 24.3 Å². The Labute approximate surface area is 116 Å². The molecule has 5 heteroatoms. The summed E-state index contributed by atoms with van der Waals surface area (Å²) >= 11 is 5.74. The number of benzene rings is 1. The Morgan fingerprint density at radius 2 is 2.05 bits per heavy atom. The van der Waals surface area contributed by atoms with Crippen LogP contribution < -0.4 is 10.9 Å². The van der Waals surface area contributed by atoms with Gasteiger partial charge in [0.15, 0.2) is 5.82 Å². The largest absolute Gasteiger partial charge is 0.336 e. The van der Waals surface area contributed by atoms with Gasteiger partial charge in [0.25, 0.3) is 5.56 Å². The van der Waals surface area contributed by atoms with E-state index in [0.29, 0.717) is 17.7 Å². The number of nitrogens with zero attached hydrogens (tertiary/aromatic N) is 2. The van der Waals surface area contributed by atoms with Gasteiger partial charge in [0.2, 0.25) is 0 Å². The van der Waals surface area contributed by atoms with Crippen LogP contribution in [-0.4, -0.2) is 9.55 Å². The molecule has 0 amide bonds. The second kappa shape index (κ2) is 5.05. The third kappa shape index (κ3) is 2.63. The van der Waals surface area contributed by atoms with E-state index in [2.05, 4.69) is 10.3 Å². The van der Waals surface area contributed by atoms with E-state index in [-0.39, 0.29) is 5.56 Å². The van der Waals surface area contributed by atoms with Gasteiger partial charge in [-0.2, -0.15) is 0 Å². The average molecular weight is 276 g/mol. The van der Waals surface area contributed by atoms with Crippen molar-refractivity contribution in [2.24, 2.45) is 0 Å². The lowest BCUT2D eigenvalue weighted by atomic mass is 10.2. The molecule has 1 aliphatic rings. The molecule has 4 nitrogen and oxygen atoms in total. The van der Waals surface area contributed by atoms with Crippen LogP contribution in [0.5, 0.6) is 0 Å². The van der Waals surface area contributed by atoms with Crippen molar-refractivity contribution in [3.05, 3.63) is 52.6 Å². The normalized spacial score (nSPS) is 14.4. The van der Waals surface area contributed by atoms with Crippen molar-refractivity contribution in [1.82, 2.24) is 9.55 Å². The highest BCUT2D eigenvalue weighted by Gasteiger charge is 2.25. The Balaban J connectivity index is 1.86. The molecule has 0 atom stereocenters. The van der Waals surface area contributed by atoms with Gasteiger partial charge in [-0.1, -0.05) is 12.1 Å². The van der Waals surface area contributed by atoms with Gasteiger partial charge in [-0.05, 0) is 30.5 Å². The van der Waals surface area contributed by atoms with Gasteiger partial charge in [0.1, 0.15) is 0 Å². The third-order valence-corrected chi connectivity index (χ3v) is 3.49. The molecule has 0 saturated heterocycles. The Morgan fingerprint density at radius 3 is 2.68 bits per heavy atom. The van der Waals surface area contributed by atoms with E-state index >= 15 is 0 Å². The summed E-state index contributed by atoms with van der Waals surface area (Å²) in [4.78, 5) is 16.3. The van der Waals surface area contributed by atoms with Crippen molar-refractivity contribution in [2.45, 2.75) is 24.8 Å². The van der Waals surface area contributed by atoms with Crippen molar-refractivity contribution < 1.29 is 0 Å². The summed E-state index contributed by atoms with van der Waals surface area (Å²) in [5.74, 6) is 0.853. The number of nitrogens with one attached hydrogen (secondary N) is 1. The van der Waals surface area contributed by atoms with Crippen LogP contribution in [0.25, 0.3) is 0 Å². The highest BCUT2D eigenvalue weighted by Crippen LogP contribution is 2.33. The second-order valence-corrected chi connectivity index (χ2v) is 4.94. The van der Waals surface area contributed by atoms with Crippen molar-refractivity contribution >= 4 is 23.1 Å².